The number of nitrogens with one attached hydrogen (secondary N) is 2. The molecule has 0 amide bonds. The maximum Gasteiger partial charge on any atom is 0.417 e. The molecule has 8 heteroatoms. The van der Waals surface area contributed by atoms with Crippen LogP contribution in [0, 0.1) is 0 Å². The lowest BCUT2D eigenvalue weighted by Gasteiger charge is -2.10. The maximum atomic E-state index is 12.4. The molecule has 0 aliphatic heterocycles. The molecular weight excluding hydrogens is 387 g/mol. The molecule has 1 aromatic heterocycles. The average molecular weight is 404 g/mol. The Morgan fingerprint density at radius 1 is 1.17 bits per heavy atom. The first-order valence-corrected chi connectivity index (χ1v) is 7.99. The quantitative estimate of drug-likeness (QED) is 0.683. The molecule has 2 rings (SSSR count). The van der Waals surface area contributed by atoms with Gasteiger partial charge in [0.1, 0.15) is 11.6 Å². The van der Waals surface area contributed by atoms with Crippen LogP contribution in [-0.4, -0.2) is 25.2 Å². The standard InChI is InChI=1S/C16H17BrF3N3O/c1-24-14-4-2-11(8-13(14)17)9-21-6-7-22-15-5-3-12(10-23-15)16(18,19)20/h2-5,8,10,21H,6-7,9H2,1H3,(H,22,23). The van der Waals surface area contributed by atoms with Crippen LogP contribution in [0.2, 0.25) is 0 Å². The minimum absolute atomic E-state index is 0.414. The van der Waals surface area contributed by atoms with Gasteiger partial charge in [-0.2, -0.15) is 13.2 Å². The van der Waals surface area contributed by atoms with Gasteiger partial charge >= 0.3 is 6.18 Å². The van der Waals surface area contributed by atoms with Crippen LogP contribution in [0.3, 0.4) is 0 Å². The molecule has 2 N–H and O–H groups in total. The molecule has 0 fully saturated rings. The predicted molar refractivity (Wildman–Crippen MR) is 90.1 cm³/mol. The molecule has 130 valence electrons. The topological polar surface area (TPSA) is 46.2 Å². The summed E-state index contributed by atoms with van der Waals surface area (Å²) in [4.78, 5) is 3.75. The molecular formula is C16H17BrF3N3O. The van der Waals surface area contributed by atoms with Crippen LogP contribution >= 0.6 is 15.9 Å². The fourth-order valence-electron chi connectivity index (χ4n) is 2.00. The summed E-state index contributed by atoms with van der Waals surface area (Å²) in [5.74, 6) is 1.19. The van der Waals surface area contributed by atoms with Gasteiger partial charge in [-0.05, 0) is 45.8 Å². The van der Waals surface area contributed by atoms with E-state index in [2.05, 4.69) is 31.5 Å². The van der Waals surface area contributed by atoms with Crippen LogP contribution in [-0.2, 0) is 12.7 Å². The van der Waals surface area contributed by atoms with Gasteiger partial charge in [0, 0.05) is 25.8 Å². The van der Waals surface area contributed by atoms with Crippen LogP contribution in [0.1, 0.15) is 11.1 Å². The lowest BCUT2D eigenvalue weighted by Crippen LogP contribution is -2.22. The molecule has 24 heavy (non-hydrogen) atoms. The van der Waals surface area contributed by atoms with E-state index in [0.29, 0.717) is 25.5 Å². The number of ether oxygens (including phenoxy) is 1. The Hall–Kier alpha value is -1.80. The molecule has 1 aromatic carbocycles. The number of rotatable bonds is 7. The fraction of sp³-hybridized carbons (Fsp3) is 0.312. The number of methoxy groups -OCH3 is 1. The van der Waals surface area contributed by atoms with Crippen molar-refractivity contribution in [1.29, 1.82) is 0 Å². The van der Waals surface area contributed by atoms with Crippen molar-refractivity contribution in [3.63, 3.8) is 0 Å². The zero-order valence-corrected chi connectivity index (χ0v) is 14.5. The summed E-state index contributed by atoms with van der Waals surface area (Å²) in [5.41, 5.74) is 0.339. The molecule has 0 aliphatic carbocycles. The van der Waals surface area contributed by atoms with E-state index in [4.69, 9.17) is 4.74 Å². The van der Waals surface area contributed by atoms with E-state index in [1.54, 1.807) is 7.11 Å². The van der Waals surface area contributed by atoms with Crippen molar-refractivity contribution in [2.45, 2.75) is 12.7 Å². The molecule has 0 saturated carbocycles. The van der Waals surface area contributed by atoms with Gasteiger partial charge in [0.15, 0.2) is 0 Å². The number of aromatic nitrogens is 1. The molecule has 0 spiro atoms. The van der Waals surface area contributed by atoms with E-state index in [9.17, 15) is 13.2 Å². The van der Waals surface area contributed by atoms with Gasteiger partial charge in [0.2, 0.25) is 0 Å². The van der Waals surface area contributed by atoms with Gasteiger partial charge in [-0.1, -0.05) is 6.07 Å². The van der Waals surface area contributed by atoms with Crippen LogP contribution < -0.4 is 15.4 Å². The number of halogens is 4. The lowest BCUT2D eigenvalue weighted by molar-refractivity contribution is -0.137. The number of hydrogen-bond donors (Lipinski definition) is 2. The van der Waals surface area contributed by atoms with Gasteiger partial charge in [0.05, 0.1) is 17.1 Å². The Morgan fingerprint density at radius 3 is 2.54 bits per heavy atom. The van der Waals surface area contributed by atoms with Crippen molar-refractivity contribution in [1.82, 2.24) is 10.3 Å². The zero-order chi connectivity index (χ0) is 17.6. The van der Waals surface area contributed by atoms with Gasteiger partial charge in [-0.25, -0.2) is 4.98 Å². The highest BCUT2D eigenvalue weighted by Gasteiger charge is 2.30. The summed E-state index contributed by atoms with van der Waals surface area (Å²) in [7, 11) is 1.61. The van der Waals surface area contributed by atoms with Crippen molar-refractivity contribution in [3.05, 3.63) is 52.1 Å². The Morgan fingerprint density at radius 2 is 1.96 bits per heavy atom. The van der Waals surface area contributed by atoms with E-state index in [0.717, 1.165) is 28.0 Å². The molecule has 0 atom stereocenters. The number of hydrogen-bond acceptors (Lipinski definition) is 4. The van der Waals surface area contributed by atoms with Crippen molar-refractivity contribution in [2.75, 3.05) is 25.5 Å². The molecule has 0 aliphatic rings. The van der Waals surface area contributed by atoms with E-state index in [-0.39, 0.29) is 0 Å². The Kier molecular flexibility index (Phi) is 6.44. The number of nitrogens with zero attached hydrogens (tertiary/aromatic N) is 1. The number of alkyl halides is 3. The van der Waals surface area contributed by atoms with E-state index in [1.807, 2.05) is 18.2 Å². The SMILES string of the molecule is COc1ccc(CNCCNc2ccc(C(F)(F)F)cn2)cc1Br. The minimum Gasteiger partial charge on any atom is -0.496 e. The first-order chi connectivity index (χ1) is 11.4. The second-order valence-corrected chi connectivity index (χ2v) is 5.86. The Balaban J connectivity index is 1.72. The largest absolute Gasteiger partial charge is 0.496 e. The summed E-state index contributed by atoms with van der Waals surface area (Å²) < 4.78 is 43.3. The summed E-state index contributed by atoms with van der Waals surface area (Å²) in [6.07, 6.45) is -3.54. The third-order valence-electron chi connectivity index (χ3n) is 3.24. The van der Waals surface area contributed by atoms with Crippen LogP contribution in [0.15, 0.2) is 41.0 Å². The predicted octanol–water partition coefficient (Wildman–Crippen LogP) is 4.07. The van der Waals surface area contributed by atoms with Gasteiger partial charge in [0.25, 0.3) is 0 Å². The van der Waals surface area contributed by atoms with Crippen molar-refractivity contribution in [2.24, 2.45) is 0 Å². The van der Waals surface area contributed by atoms with Crippen LogP contribution in [0.25, 0.3) is 0 Å². The summed E-state index contributed by atoms with van der Waals surface area (Å²) in [6, 6.07) is 8.14. The highest BCUT2D eigenvalue weighted by atomic mass is 79.9. The molecule has 1 heterocycles. The first kappa shape index (κ1) is 18.5. The van der Waals surface area contributed by atoms with Crippen LogP contribution in [0.4, 0.5) is 19.0 Å². The van der Waals surface area contributed by atoms with Crippen molar-refractivity contribution < 1.29 is 17.9 Å². The van der Waals surface area contributed by atoms with Gasteiger partial charge < -0.3 is 15.4 Å². The molecule has 0 saturated heterocycles. The van der Waals surface area contributed by atoms with Crippen LogP contribution in [0.5, 0.6) is 5.75 Å². The summed E-state index contributed by atoms with van der Waals surface area (Å²) >= 11 is 3.43. The molecule has 4 nitrogen and oxygen atoms in total. The number of pyridine rings is 1. The first-order valence-electron chi connectivity index (χ1n) is 7.20. The monoisotopic (exact) mass is 403 g/mol. The molecule has 0 unspecified atom stereocenters. The van der Waals surface area contributed by atoms with Crippen molar-refractivity contribution in [3.8, 4) is 5.75 Å². The number of benzene rings is 1. The molecule has 0 bridgehead atoms. The van der Waals surface area contributed by atoms with Gasteiger partial charge in [-0.15, -0.1) is 0 Å². The fourth-order valence-corrected chi connectivity index (χ4v) is 2.59. The highest BCUT2D eigenvalue weighted by molar-refractivity contribution is 9.10. The second-order valence-electron chi connectivity index (χ2n) is 5.00. The zero-order valence-electron chi connectivity index (χ0n) is 13.0. The highest BCUT2D eigenvalue weighted by Crippen LogP contribution is 2.28. The van der Waals surface area contributed by atoms with Gasteiger partial charge in [-0.3, -0.25) is 0 Å². The second kappa shape index (κ2) is 8.34. The van der Waals surface area contributed by atoms with E-state index < -0.39 is 11.7 Å². The summed E-state index contributed by atoms with van der Waals surface area (Å²) in [6.45, 7) is 1.87. The third-order valence-corrected chi connectivity index (χ3v) is 3.86. The molecule has 2 aromatic rings. The van der Waals surface area contributed by atoms with E-state index >= 15 is 0 Å². The number of anilines is 1. The maximum absolute atomic E-state index is 12.4. The van der Waals surface area contributed by atoms with Crippen molar-refractivity contribution >= 4 is 21.7 Å². The summed E-state index contributed by atoms with van der Waals surface area (Å²) in [5, 5.41) is 6.21. The smallest absolute Gasteiger partial charge is 0.417 e. The Bertz CT molecular complexity index is 663. The molecule has 0 radical (unpaired) electrons. The minimum atomic E-state index is -4.36. The Labute approximate surface area is 146 Å². The normalized spacial score (nSPS) is 11.4. The average Bonchev–Trinajstić information content (AvgIpc) is 2.54. The third kappa shape index (κ3) is 5.38. The lowest BCUT2D eigenvalue weighted by atomic mass is 10.2. The van der Waals surface area contributed by atoms with E-state index in [1.165, 1.54) is 6.07 Å².